The number of Topliss-reactive ketones (excluding diaryl/α,β-unsaturated/α-hetero) is 1. The highest BCUT2D eigenvalue weighted by molar-refractivity contribution is 7.17. The van der Waals surface area contributed by atoms with E-state index in [4.69, 9.17) is 4.74 Å². The van der Waals surface area contributed by atoms with E-state index in [1.807, 2.05) is 13.8 Å². The van der Waals surface area contributed by atoms with Gasteiger partial charge in [0, 0.05) is 12.5 Å². The van der Waals surface area contributed by atoms with E-state index in [2.05, 4.69) is 17.2 Å². The van der Waals surface area contributed by atoms with E-state index in [0.29, 0.717) is 10.0 Å². The van der Waals surface area contributed by atoms with Gasteiger partial charge in [-0.3, -0.25) is 4.79 Å². The van der Waals surface area contributed by atoms with E-state index in [1.165, 1.54) is 18.3 Å². The molecule has 1 heterocycles. The van der Waals surface area contributed by atoms with Crippen molar-refractivity contribution < 1.29 is 14.3 Å². The standard InChI is InChI=1S/C13H20N2O3S/c1-6-13(4,5)15-12-14-9(11(17)18-7-2)10(19-12)8(3)16/h6-7H2,1-5H3,(H,14,15). The molecule has 0 aliphatic carbocycles. The van der Waals surface area contributed by atoms with Crippen LogP contribution >= 0.6 is 11.3 Å². The van der Waals surface area contributed by atoms with Gasteiger partial charge >= 0.3 is 5.97 Å². The fourth-order valence-electron chi connectivity index (χ4n) is 1.33. The van der Waals surface area contributed by atoms with E-state index < -0.39 is 5.97 Å². The zero-order valence-electron chi connectivity index (χ0n) is 12.0. The lowest BCUT2D eigenvalue weighted by atomic mass is 10.0. The molecule has 0 saturated carbocycles. The Balaban J connectivity index is 3.08. The molecule has 0 aliphatic rings. The number of nitrogens with one attached hydrogen (secondary N) is 1. The number of hydrogen-bond acceptors (Lipinski definition) is 6. The Kier molecular flexibility index (Phi) is 5.05. The predicted octanol–water partition coefficient (Wildman–Crippen LogP) is 3.12. The second-order valence-electron chi connectivity index (χ2n) is 4.84. The number of aromatic nitrogens is 1. The van der Waals surface area contributed by atoms with E-state index in [1.54, 1.807) is 6.92 Å². The van der Waals surface area contributed by atoms with Crippen molar-refractivity contribution in [3.63, 3.8) is 0 Å². The van der Waals surface area contributed by atoms with Crippen LogP contribution in [0.15, 0.2) is 0 Å². The van der Waals surface area contributed by atoms with Crippen molar-refractivity contribution in [2.45, 2.75) is 46.6 Å². The van der Waals surface area contributed by atoms with Gasteiger partial charge in [-0.25, -0.2) is 9.78 Å². The number of nitrogens with zero attached hydrogens (tertiary/aromatic N) is 1. The number of ether oxygens (including phenoxy) is 1. The lowest BCUT2D eigenvalue weighted by molar-refractivity contribution is 0.0517. The zero-order chi connectivity index (χ0) is 14.6. The molecule has 19 heavy (non-hydrogen) atoms. The van der Waals surface area contributed by atoms with Crippen molar-refractivity contribution >= 4 is 28.2 Å². The topological polar surface area (TPSA) is 68.3 Å². The first-order chi connectivity index (χ1) is 8.80. The van der Waals surface area contributed by atoms with Crippen LogP contribution in [0.2, 0.25) is 0 Å². The number of carbonyl (C=O) groups is 2. The summed E-state index contributed by atoms with van der Waals surface area (Å²) in [6.07, 6.45) is 0.900. The van der Waals surface area contributed by atoms with Crippen LogP contribution in [0.25, 0.3) is 0 Å². The van der Waals surface area contributed by atoms with Crippen molar-refractivity contribution in [1.82, 2.24) is 4.98 Å². The SMILES string of the molecule is CCOC(=O)c1nc(NC(C)(C)CC)sc1C(C)=O. The lowest BCUT2D eigenvalue weighted by Gasteiger charge is -2.23. The van der Waals surface area contributed by atoms with E-state index >= 15 is 0 Å². The van der Waals surface area contributed by atoms with Crippen LogP contribution in [0.1, 0.15) is 61.2 Å². The smallest absolute Gasteiger partial charge is 0.358 e. The average molecular weight is 284 g/mol. The van der Waals surface area contributed by atoms with Crippen LogP contribution in [0, 0.1) is 0 Å². The van der Waals surface area contributed by atoms with Gasteiger partial charge in [0.15, 0.2) is 16.6 Å². The first-order valence-corrected chi connectivity index (χ1v) is 7.09. The minimum absolute atomic E-state index is 0.105. The summed E-state index contributed by atoms with van der Waals surface area (Å²) in [7, 11) is 0. The number of ketones is 1. The molecule has 0 aromatic carbocycles. The van der Waals surface area contributed by atoms with Crippen molar-refractivity contribution in [2.24, 2.45) is 0 Å². The largest absolute Gasteiger partial charge is 0.461 e. The van der Waals surface area contributed by atoms with Gasteiger partial charge in [0.2, 0.25) is 0 Å². The lowest BCUT2D eigenvalue weighted by Crippen LogP contribution is -2.29. The number of esters is 1. The maximum atomic E-state index is 11.8. The summed E-state index contributed by atoms with van der Waals surface area (Å²) < 4.78 is 4.91. The number of hydrogen-bond donors (Lipinski definition) is 1. The molecular formula is C13H20N2O3S. The summed E-state index contributed by atoms with van der Waals surface area (Å²) in [5, 5.41) is 3.80. The summed E-state index contributed by atoms with van der Waals surface area (Å²) in [6.45, 7) is 9.52. The molecule has 0 unspecified atom stereocenters. The fraction of sp³-hybridized carbons (Fsp3) is 0.615. The molecule has 0 amide bonds. The Morgan fingerprint density at radius 3 is 2.47 bits per heavy atom. The summed E-state index contributed by atoms with van der Waals surface area (Å²) in [5.74, 6) is -0.728. The van der Waals surface area contributed by atoms with Crippen LogP contribution in [0.4, 0.5) is 5.13 Å². The molecule has 0 bridgehead atoms. The molecule has 106 valence electrons. The second kappa shape index (κ2) is 6.14. The Bertz CT molecular complexity index is 480. The highest BCUT2D eigenvalue weighted by Gasteiger charge is 2.24. The van der Waals surface area contributed by atoms with Crippen molar-refractivity contribution in [2.75, 3.05) is 11.9 Å². The fourth-order valence-corrected chi connectivity index (χ4v) is 2.35. The Morgan fingerprint density at radius 2 is 2.00 bits per heavy atom. The van der Waals surface area contributed by atoms with Gasteiger partial charge in [0.25, 0.3) is 0 Å². The molecule has 1 aromatic heterocycles. The van der Waals surface area contributed by atoms with Crippen LogP contribution < -0.4 is 5.32 Å². The second-order valence-corrected chi connectivity index (χ2v) is 5.83. The van der Waals surface area contributed by atoms with Crippen LogP contribution in [0.5, 0.6) is 0 Å². The quantitative estimate of drug-likeness (QED) is 0.642. The molecule has 0 radical (unpaired) electrons. The monoisotopic (exact) mass is 284 g/mol. The number of rotatable bonds is 6. The van der Waals surface area contributed by atoms with E-state index in [9.17, 15) is 9.59 Å². The molecule has 0 spiro atoms. The summed E-state index contributed by atoms with van der Waals surface area (Å²) in [5.41, 5.74) is -0.0357. The van der Waals surface area contributed by atoms with Crippen molar-refractivity contribution in [3.05, 3.63) is 10.6 Å². The summed E-state index contributed by atoms with van der Waals surface area (Å²) >= 11 is 1.19. The van der Waals surface area contributed by atoms with E-state index in [0.717, 1.165) is 6.42 Å². The first-order valence-electron chi connectivity index (χ1n) is 6.27. The normalized spacial score (nSPS) is 11.2. The van der Waals surface area contributed by atoms with Gasteiger partial charge < -0.3 is 10.1 Å². The third kappa shape index (κ3) is 4.02. The molecule has 0 saturated heterocycles. The molecule has 1 N–H and O–H groups in total. The van der Waals surface area contributed by atoms with Crippen LogP contribution in [-0.4, -0.2) is 28.9 Å². The molecule has 5 nitrogen and oxygen atoms in total. The van der Waals surface area contributed by atoms with Gasteiger partial charge in [0.1, 0.15) is 4.88 Å². The van der Waals surface area contributed by atoms with Gasteiger partial charge in [-0.1, -0.05) is 18.3 Å². The zero-order valence-corrected chi connectivity index (χ0v) is 12.8. The third-order valence-electron chi connectivity index (χ3n) is 2.74. The minimum atomic E-state index is -0.550. The van der Waals surface area contributed by atoms with E-state index in [-0.39, 0.29) is 23.6 Å². The van der Waals surface area contributed by atoms with Crippen molar-refractivity contribution in [3.8, 4) is 0 Å². The Morgan fingerprint density at radius 1 is 1.37 bits per heavy atom. The van der Waals surface area contributed by atoms with Gasteiger partial charge in [-0.15, -0.1) is 0 Å². The molecule has 0 fully saturated rings. The number of anilines is 1. The van der Waals surface area contributed by atoms with Crippen LogP contribution in [0.3, 0.4) is 0 Å². The number of thiazole rings is 1. The Hall–Kier alpha value is -1.43. The van der Waals surface area contributed by atoms with Gasteiger partial charge in [-0.05, 0) is 27.2 Å². The van der Waals surface area contributed by atoms with Gasteiger partial charge in [-0.2, -0.15) is 0 Å². The molecule has 1 rings (SSSR count). The molecule has 6 heteroatoms. The average Bonchev–Trinajstić information content (AvgIpc) is 2.73. The molecule has 1 aromatic rings. The first kappa shape index (κ1) is 15.6. The van der Waals surface area contributed by atoms with Crippen molar-refractivity contribution in [1.29, 1.82) is 0 Å². The maximum absolute atomic E-state index is 11.8. The highest BCUT2D eigenvalue weighted by atomic mass is 32.1. The summed E-state index contributed by atoms with van der Waals surface area (Å²) in [6, 6.07) is 0. The number of carbonyl (C=O) groups excluding carboxylic acids is 2. The molecule has 0 atom stereocenters. The predicted molar refractivity (Wildman–Crippen MR) is 76.1 cm³/mol. The van der Waals surface area contributed by atoms with Crippen LogP contribution in [-0.2, 0) is 4.74 Å². The summed E-state index contributed by atoms with van der Waals surface area (Å²) in [4.78, 5) is 27.9. The molecular weight excluding hydrogens is 264 g/mol. The Labute approximate surface area is 117 Å². The minimum Gasteiger partial charge on any atom is -0.461 e. The third-order valence-corrected chi connectivity index (χ3v) is 3.82. The maximum Gasteiger partial charge on any atom is 0.358 e. The van der Waals surface area contributed by atoms with Gasteiger partial charge in [0.05, 0.1) is 6.61 Å². The molecule has 0 aliphatic heterocycles. The highest BCUT2D eigenvalue weighted by Crippen LogP contribution is 2.27.